The van der Waals surface area contributed by atoms with Crippen molar-refractivity contribution in [2.75, 3.05) is 5.88 Å². The highest BCUT2D eigenvalue weighted by Gasteiger charge is 2.30. The van der Waals surface area contributed by atoms with Gasteiger partial charge in [0, 0.05) is 26.1 Å². The average Bonchev–Trinajstić information content (AvgIpc) is 1.99. The van der Waals surface area contributed by atoms with Crippen LogP contribution in [0.4, 0.5) is 0 Å². The maximum atomic E-state index is 11.3. The van der Waals surface area contributed by atoms with E-state index in [1.54, 1.807) is 13.8 Å². The molecule has 0 spiro atoms. The van der Waals surface area contributed by atoms with Gasteiger partial charge >= 0.3 is 5.97 Å². The van der Waals surface area contributed by atoms with Gasteiger partial charge in [0.1, 0.15) is 11.5 Å². The molecule has 0 bridgehead atoms. The maximum Gasteiger partial charge on any atom is 0.337 e. The summed E-state index contributed by atoms with van der Waals surface area (Å²) in [5, 5.41) is 0. The van der Waals surface area contributed by atoms with Crippen LogP contribution in [0.15, 0.2) is 11.8 Å². The molecule has 1 heterocycles. The topological polar surface area (TPSA) is 52.6 Å². The number of ketones is 1. The zero-order chi connectivity index (χ0) is 11.5. The number of esters is 1. The Kier molecular flexibility index (Phi) is 3.74. The number of alkyl halides is 1. The van der Waals surface area contributed by atoms with E-state index in [1.807, 2.05) is 0 Å². The molecule has 0 atom stereocenters. The maximum absolute atomic E-state index is 11.3. The molecule has 0 aromatic heterocycles. The Bertz CT molecular complexity index is 307. The molecule has 1 aliphatic rings. The van der Waals surface area contributed by atoms with E-state index in [9.17, 15) is 9.59 Å². The zero-order valence-corrected chi connectivity index (χ0v) is 9.47. The number of hydrogen-bond acceptors (Lipinski definition) is 4. The first-order valence-electron chi connectivity index (χ1n) is 4.63. The van der Waals surface area contributed by atoms with E-state index in [0.29, 0.717) is 5.76 Å². The summed E-state index contributed by atoms with van der Waals surface area (Å²) in [4.78, 5) is 22.4. The first-order chi connectivity index (χ1) is 6.93. The average molecular weight is 233 g/mol. The smallest absolute Gasteiger partial charge is 0.337 e. The number of carbonyl (C=O) groups is 2. The third-order valence-corrected chi connectivity index (χ3v) is 1.94. The Morgan fingerprint density at radius 1 is 1.47 bits per heavy atom. The fraction of sp³-hybridized carbons (Fsp3) is 0.600. The normalized spacial score (nSPS) is 18.9. The molecular weight excluding hydrogens is 220 g/mol. The second kappa shape index (κ2) is 4.66. The van der Waals surface area contributed by atoms with Crippen LogP contribution >= 0.6 is 11.6 Å². The highest BCUT2D eigenvalue weighted by Crippen LogP contribution is 2.24. The third kappa shape index (κ3) is 3.91. The lowest BCUT2D eigenvalue weighted by molar-refractivity contribution is -0.205. The Morgan fingerprint density at radius 3 is 2.67 bits per heavy atom. The fourth-order valence-electron chi connectivity index (χ4n) is 1.24. The van der Waals surface area contributed by atoms with Gasteiger partial charge in [0.15, 0.2) is 0 Å². The van der Waals surface area contributed by atoms with Gasteiger partial charge in [0.05, 0.1) is 12.5 Å². The van der Waals surface area contributed by atoms with Crippen molar-refractivity contribution in [1.29, 1.82) is 0 Å². The number of halogens is 1. The van der Waals surface area contributed by atoms with Crippen LogP contribution in [0.2, 0.25) is 0 Å². The van der Waals surface area contributed by atoms with Gasteiger partial charge in [-0.2, -0.15) is 0 Å². The molecule has 4 nitrogen and oxygen atoms in total. The molecule has 0 unspecified atom stereocenters. The van der Waals surface area contributed by atoms with Crippen molar-refractivity contribution < 1.29 is 19.1 Å². The van der Waals surface area contributed by atoms with Gasteiger partial charge in [-0.3, -0.25) is 4.79 Å². The van der Waals surface area contributed by atoms with Crippen LogP contribution in [0, 0.1) is 0 Å². The largest absolute Gasteiger partial charge is 0.456 e. The molecule has 1 rings (SSSR count). The van der Waals surface area contributed by atoms with Crippen LogP contribution in [-0.4, -0.2) is 23.4 Å². The number of cyclic esters (lactones) is 1. The van der Waals surface area contributed by atoms with E-state index in [-0.39, 0.29) is 24.5 Å². The van der Waals surface area contributed by atoms with Crippen LogP contribution in [-0.2, 0) is 19.1 Å². The van der Waals surface area contributed by atoms with Gasteiger partial charge in [0.25, 0.3) is 0 Å². The summed E-state index contributed by atoms with van der Waals surface area (Å²) in [5.41, 5.74) is 0. The second-order valence-electron chi connectivity index (χ2n) is 3.69. The quantitative estimate of drug-likeness (QED) is 0.548. The molecule has 0 saturated carbocycles. The zero-order valence-electron chi connectivity index (χ0n) is 8.71. The highest BCUT2D eigenvalue weighted by molar-refractivity contribution is 6.19. The number of ether oxygens (including phenoxy) is 2. The molecule has 0 aliphatic carbocycles. The first kappa shape index (κ1) is 12.0. The van der Waals surface area contributed by atoms with E-state index in [1.165, 1.54) is 6.08 Å². The number of carbonyl (C=O) groups excluding carboxylic acids is 2. The van der Waals surface area contributed by atoms with Gasteiger partial charge in [-0.15, -0.1) is 11.6 Å². The molecule has 0 radical (unpaired) electrons. The lowest BCUT2D eigenvalue weighted by Crippen LogP contribution is -2.34. The van der Waals surface area contributed by atoms with E-state index in [4.69, 9.17) is 21.1 Å². The van der Waals surface area contributed by atoms with Crippen LogP contribution < -0.4 is 0 Å². The Labute approximate surface area is 93.2 Å². The number of hydrogen-bond donors (Lipinski definition) is 0. The first-order valence-corrected chi connectivity index (χ1v) is 5.16. The molecule has 84 valence electrons. The molecule has 0 fully saturated rings. The van der Waals surface area contributed by atoms with Crippen molar-refractivity contribution in [3.8, 4) is 0 Å². The van der Waals surface area contributed by atoms with Gasteiger partial charge in [-0.25, -0.2) is 4.79 Å². The standard InChI is InChI=1S/C10H13ClO4/c1-10(2)14-8(6-9(13)15-10)5-7(12)3-4-11/h6H,3-5H2,1-2H3. The van der Waals surface area contributed by atoms with Crippen molar-refractivity contribution in [3.63, 3.8) is 0 Å². The fourth-order valence-corrected chi connectivity index (χ4v) is 1.46. The van der Waals surface area contributed by atoms with Crippen molar-refractivity contribution in [3.05, 3.63) is 11.8 Å². The van der Waals surface area contributed by atoms with Gasteiger partial charge in [-0.05, 0) is 0 Å². The third-order valence-electron chi connectivity index (χ3n) is 1.75. The van der Waals surface area contributed by atoms with Crippen LogP contribution in [0.1, 0.15) is 26.7 Å². The van der Waals surface area contributed by atoms with Gasteiger partial charge in [0.2, 0.25) is 5.79 Å². The molecule has 0 aromatic carbocycles. The lowest BCUT2D eigenvalue weighted by Gasteiger charge is -2.30. The van der Waals surface area contributed by atoms with Crippen LogP contribution in [0.3, 0.4) is 0 Å². The van der Waals surface area contributed by atoms with E-state index >= 15 is 0 Å². The molecule has 5 heteroatoms. The Balaban J connectivity index is 2.62. The summed E-state index contributed by atoms with van der Waals surface area (Å²) in [6, 6.07) is 0. The Morgan fingerprint density at radius 2 is 2.13 bits per heavy atom. The predicted octanol–water partition coefficient (Wildman–Crippen LogP) is 1.77. The summed E-state index contributed by atoms with van der Waals surface area (Å²) in [5.74, 6) is -0.921. The van der Waals surface area contributed by atoms with E-state index in [0.717, 1.165) is 0 Å². The van der Waals surface area contributed by atoms with Crippen LogP contribution in [0.25, 0.3) is 0 Å². The Hall–Kier alpha value is -1.03. The summed E-state index contributed by atoms with van der Waals surface area (Å²) < 4.78 is 10.2. The minimum Gasteiger partial charge on any atom is -0.456 e. The van der Waals surface area contributed by atoms with Gasteiger partial charge in [-0.1, -0.05) is 0 Å². The van der Waals surface area contributed by atoms with Crippen LogP contribution in [0.5, 0.6) is 0 Å². The number of rotatable bonds is 4. The van der Waals surface area contributed by atoms with Crippen molar-refractivity contribution in [2.45, 2.75) is 32.5 Å². The number of allylic oxidation sites excluding steroid dienone is 1. The predicted molar refractivity (Wildman–Crippen MR) is 54.3 cm³/mol. The van der Waals surface area contributed by atoms with E-state index in [2.05, 4.69) is 0 Å². The minimum atomic E-state index is -0.998. The van der Waals surface area contributed by atoms with Gasteiger partial charge < -0.3 is 9.47 Å². The molecule has 0 saturated heterocycles. The molecule has 0 aromatic rings. The minimum absolute atomic E-state index is 0.0539. The summed E-state index contributed by atoms with van der Waals surface area (Å²) in [6.45, 7) is 3.23. The van der Waals surface area contributed by atoms with E-state index < -0.39 is 11.8 Å². The SMILES string of the molecule is CC1(C)OC(=O)C=C(CC(=O)CCCl)O1. The molecule has 0 amide bonds. The second-order valence-corrected chi connectivity index (χ2v) is 4.07. The summed E-state index contributed by atoms with van der Waals surface area (Å²) >= 11 is 5.43. The molecule has 1 aliphatic heterocycles. The summed E-state index contributed by atoms with van der Waals surface area (Å²) in [7, 11) is 0. The molecule has 15 heavy (non-hydrogen) atoms. The van der Waals surface area contributed by atoms with Crippen molar-refractivity contribution in [2.24, 2.45) is 0 Å². The number of Topliss-reactive ketones (excluding diaryl/α,β-unsaturated/α-hetero) is 1. The monoisotopic (exact) mass is 232 g/mol. The highest BCUT2D eigenvalue weighted by atomic mass is 35.5. The molecular formula is C10H13ClO4. The molecule has 0 N–H and O–H groups in total. The van der Waals surface area contributed by atoms with Crippen molar-refractivity contribution >= 4 is 23.4 Å². The lowest BCUT2D eigenvalue weighted by atomic mass is 10.2. The van der Waals surface area contributed by atoms with Crippen molar-refractivity contribution in [1.82, 2.24) is 0 Å². The summed E-state index contributed by atoms with van der Waals surface area (Å²) in [6.07, 6.45) is 1.56.